The molecule has 0 fully saturated rings. The van der Waals surface area contributed by atoms with E-state index < -0.39 is 12.0 Å². The molecule has 0 aliphatic heterocycles. The molecule has 1 atom stereocenters. The van der Waals surface area contributed by atoms with Crippen molar-refractivity contribution in [3.63, 3.8) is 0 Å². The van der Waals surface area contributed by atoms with Gasteiger partial charge in [-0.15, -0.1) is 11.6 Å². The Morgan fingerprint density at radius 1 is 1.50 bits per heavy atom. The summed E-state index contributed by atoms with van der Waals surface area (Å²) in [4.78, 5) is 11.1. The molecule has 16 heavy (non-hydrogen) atoms. The molecular formula is C10H8ClF2IO2. The van der Waals surface area contributed by atoms with Crippen molar-refractivity contribution in [2.75, 3.05) is 0 Å². The summed E-state index contributed by atoms with van der Waals surface area (Å²) >= 11 is 7.76. The van der Waals surface area contributed by atoms with Crippen LogP contribution in [0.15, 0.2) is 18.2 Å². The quantitative estimate of drug-likeness (QED) is 0.604. The fourth-order valence-corrected chi connectivity index (χ4v) is 1.78. The number of carbonyl (C=O) groups is 1. The summed E-state index contributed by atoms with van der Waals surface area (Å²) in [5, 5.41) is -0.967. The van der Waals surface area contributed by atoms with Crippen LogP contribution in [0.5, 0.6) is 5.75 Å². The lowest BCUT2D eigenvalue weighted by Gasteiger charge is -2.13. The van der Waals surface area contributed by atoms with Crippen LogP contribution in [-0.4, -0.2) is 12.4 Å². The molecule has 0 saturated heterocycles. The highest BCUT2D eigenvalue weighted by molar-refractivity contribution is 14.1. The molecule has 1 aromatic carbocycles. The summed E-state index contributed by atoms with van der Waals surface area (Å²) in [5.74, 6) is -0.376. The molecule has 0 spiro atoms. The van der Waals surface area contributed by atoms with E-state index in [1.807, 2.05) is 22.6 Å². The zero-order valence-electron chi connectivity index (χ0n) is 8.22. The van der Waals surface area contributed by atoms with Crippen molar-refractivity contribution in [3.05, 3.63) is 27.3 Å². The highest BCUT2D eigenvalue weighted by Gasteiger charge is 2.20. The summed E-state index contributed by atoms with van der Waals surface area (Å²) in [5.41, 5.74) is 0.259. The molecule has 0 amide bonds. The van der Waals surface area contributed by atoms with Gasteiger partial charge in [-0.25, -0.2) is 0 Å². The largest absolute Gasteiger partial charge is 0.434 e. The summed E-state index contributed by atoms with van der Waals surface area (Å²) in [6.07, 6.45) is 0. The Kier molecular flexibility index (Phi) is 4.91. The van der Waals surface area contributed by atoms with Crippen LogP contribution in [0, 0.1) is 3.57 Å². The molecule has 0 N–H and O–H groups in total. The fraction of sp³-hybridized carbons (Fsp3) is 0.300. The zero-order valence-corrected chi connectivity index (χ0v) is 11.1. The maximum absolute atomic E-state index is 12.1. The van der Waals surface area contributed by atoms with Gasteiger partial charge in [0, 0.05) is 9.13 Å². The second-order valence-corrected chi connectivity index (χ2v) is 4.72. The van der Waals surface area contributed by atoms with E-state index in [0.29, 0.717) is 0 Å². The van der Waals surface area contributed by atoms with Crippen LogP contribution in [0.4, 0.5) is 8.78 Å². The monoisotopic (exact) mass is 360 g/mol. The van der Waals surface area contributed by atoms with Crippen LogP contribution in [0.2, 0.25) is 0 Å². The van der Waals surface area contributed by atoms with Gasteiger partial charge < -0.3 is 4.74 Å². The first-order valence-electron chi connectivity index (χ1n) is 4.30. The molecular weight excluding hydrogens is 352 g/mol. The third kappa shape index (κ3) is 3.55. The third-order valence-electron chi connectivity index (χ3n) is 1.82. The fourth-order valence-electron chi connectivity index (χ4n) is 1.13. The van der Waals surface area contributed by atoms with E-state index >= 15 is 0 Å². The van der Waals surface area contributed by atoms with Crippen molar-refractivity contribution >= 4 is 40.0 Å². The predicted molar refractivity (Wildman–Crippen MR) is 65.1 cm³/mol. The van der Waals surface area contributed by atoms with E-state index in [-0.39, 0.29) is 17.1 Å². The predicted octanol–water partition coefficient (Wildman–Crippen LogP) is 3.76. The van der Waals surface area contributed by atoms with E-state index in [4.69, 9.17) is 11.6 Å². The molecule has 0 aliphatic rings. The zero-order chi connectivity index (χ0) is 12.3. The Balaban J connectivity index is 3.11. The van der Waals surface area contributed by atoms with Gasteiger partial charge in [-0.3, -0.25) is 4.79 Å². The maximum Gasteiger partial charge on any atom is 0.387 e. The Morgan fingerprint density at radius 2 is 2.12 bits per heavy atom. The molecule has 0 heterocycles. The minimum Gasteiger partial charge on any atom is -0.434 e. The lowest BCUT2D eigenvalue weighted by molar-refractivity contribution is -0.116. The first-order valence-corrected chi connectivity index (χ1v) is 5.82. The van der Waals surface area contributed by atoms with Gasteiger partial charge in [0.05, 0.1) is 0 Å². The smallest absolute Gasteiger partial charge is 0.387 e. The molecule has 0 aromatic heterocycles. The van der Waals surface area contributed by atoms with Gasteiger partial charge in [0.1, 0.15) is 11.1 Å². The van der Waals surface area contributed by atoms with Gasteiger partial charge in [-0.2, -0.15) is 8.78 Å². The molecule has 2 nitrogen and oxygen atoms in total. The molecule has 1 aromatic rings. The molecule has 6 heteroatoms. The number of carbonyl (C=O) groups excluding carboxylic acids is 1. The number of halogens is 4. The van der Waals surface area contributed by atoms with Crippen LogP contribution < -0.4 is 4.74 Å². The van der Waals surface area contributed by atoms with Crippen LogP contribution in [0.3, 0.4) is 0 Å². The molecule has 1 unspecified atom stereocenters. The number of Topliss-reactive ketones (excluding diaryl/α,β-unsaturated/α-hetero) is 1. The van der Waals surface area contributed by atoms with E-state index in [9.17, 15) is 13.6 Å². The average molecular weight is 361 g/mol. The molecule has 1 rings (SSSR count). The van der Waals surface area contributed by atoms with Gasteiger partial charge in [-0.05, 0) is 41.6 Å². The minimum absolute atomic E-state index is 0.0582. The minimum atomic E-state index is -2.94. The van der Waals surface area contributed by atoms with E-state index in [2.05, 4.69) is 4.74 Å². The van der Waals surface area contributed by atoms with Gasteiger partial charge in [-0.1, -0.05) is 6.07 Å². The molecule has 0 radical (unpaired) electrons. The van der Waals surface area contributed by atoms with Crippen molar-refractivity contribution in [1.29, 1.82) is 0 Å². The lowest BCUT2D eigenvalue weighted by atomic mass is 10.1. The van der Waals surface area contributed by atoms with Crippen LogP contribution >= 0.6 is 34.2 Å². The van der Waals surface area contributed by atoms with E-state index in [1.165, 1.54) is 19.1 Å². The normalized spacial score (nSPS) is 12.6. The number of ketones is 1. The van der Waals surface area contributed by atoms with E-state index in [0.717, 1.165) is 3.57 Å². The third-order valence-corrected chi connectivity index (χ3v) is 3.04. The highest BCUT2D eigenvalue weighted by Crippen LogP contribution is 2.32. The van der Waals surface area contributed by atoms with Crippen molar-refractivity contribution in [2.45, 2.75) is 18.9 Å². The number of hydrogen-bond donors (Lipinski definition) is 0. The SMILES string of the molecule is CC(=O)C(Cl)c1ccc(I)cc1OC(F)F. The van der Waals surface area contributed by atoms with Gasteiger partial charge >= 0.3 is 6.61 Å². The summed E-state index contributed by atoms with van der Waals surface area (Å²) in [6.45, 7) is -1.64. The number of alkyl halides is 3. The van der Waals surface area contributed by atoms with Gasteiger partial charge in [0.15, 0.2) is 5.78 Å². The number of rotatable bonds is 4. The lowest BCUT2D eigenvalue weighted by Crippen LogP contribution is -2.08. The maximum atomic E-state index is 12.1. The Morgan fingerprint density at radius 3 is 2.62 bits per heavy atom. The van der Waals surface area contributed by atoms with Crippen molar-refractivity contribution in [2.24, 2.45) is 0 Å². The van der Waals surface area contributed by atoms with Gasteiger partial charge in [0.2, 0.25) is 0 Å². The highest BCUT2D eigenvalue weighted by atomic mass is 127. The van der Waals surface area contributed by atoms with Crippen LogP contribution in [-0.2, 0) is 4.79 Å². The molecule has 0 aliphatic carbocycles. The second-order valence-electron chi connectivity index (χ2n) is 3.03. The number of hydrogen-bond acceptors (Lipinski definition) is 2. The molecule has 0 bridgehead atoms. The number of ether oxygens (including phenoxy) is 1. The topological polar surface area (TPSA) is 26.3 Å². The standard InChI is InChI=1S/C10H8ClF2IO2/c1-5(15)9(11)7-3-2-6(14)4-8(7)16-10(12)13/h2-4,9-10H,1H3. The Labute approximate surface area is 110 Å². The molecule has 88 valence electrons. The average Bonchev–Trinajstić information content (AvgIpc) is 2.15. The Hall–Kier alpha value is -0.430. The van der Waals surface area contributed by atoms with Crippen LogP contribution in [0.25, 0.3) is 0 Å². The first-order chi connectivity index (χ1) is 7.41. The van der Waals surface area contributed by atoms with E-state index in [1.54, 1.807) is 6.07 Å². The van der Waals surface area contributed by atoms with Crippen molar-refractivity contribution in [3.8, 4) is 5.75 Å². The summed E-state index contributed by atoms with van der Waals surface area (Å²) in [6, 6.07) is 4.60. The molecule has 0 saturated carbocycles. The first kappa shape index (κ1) is 13.6. The van der Waals surface area contributed by atoms with Crippen LogP contribution in [0.1, 0.15) is 17.9 Å². The second kappa shape index (κ2) is 5.77. The summed E-state index contributed by atoms with van der Waals surface area (Å²) in [7, 11) is 0. The van der Waals surface area contributed by atoms with Crippen molar-refractivity contribution in [1.82, 2.24) is 0 Å². The van der Waals surface area contributed by atoms with Gasteiger partial charge in [0.25, 0.3) is 0 Å². The summed E-state index contributed by atoms with van der Waals surface area (Å²) < 4.78 is 29.3. The Bertz CT molecular complexity index is 398. The number of benzene rings is 1. The van der Waals surface area contributed by atoms with Crippen molar-refractivity contribution < 1.29 is 18.3 Å².